The van der Waals surface area contributed by atoms with Crippen molar-refractivity contribution in [2.75, 3.05) is 6.61 Å². The van der Waals surface area contributed by atoms with E-state index in [1.165, 1.54) is 6.20 Å². The molecule has 0 unspecified atom stereocenters. The van der Waals surface area contributed by atoms with Crippen LogP contribution >= 0.6 is 0 Å². The van der Waals surface area contributed by atoms with Crippen LogP contribution in [0.2, 0.25) is 0 Å². The summed E-state index contributed by atoms with van der Waals surface area (Å²) in [6.45, 7) is 2.39. The van der Waals surface area contributed by atoms with E-state index in [1.54, 1.807) is 6.07 Å². The van der Waals surface area contributed by atoms with Crippen LogP contribution in [0.15, 0.2) is 12.3 Å². The maximum absolute atomic E-state index is 10.2. The summed E-state index contributed by atoms with van der Waals surface area (Å²) < 4.78 is 5.04. The quantitative estimate of drug-likeness (QED) is 0.598. The van der Waals surface area contributed by atoms with E-state index < -0.39 is 0 Å². The molecule has 0 amide bonds. The van der Waals surface area contributed by atoms with E-state index >= 15 is 0 Å². The Morgan fingerprint density at radius 1 is 1.73 bits per heavy atom. The molecule has 0 radical (unpaired) electrons. The predicted octanol–water partition coefficient (Wildman–Crippen LogP) is 0.688. The Morgan fingerprint density at radius 2 is 2.55 bits per heavy atom. The van der Waals surface area contributed by atoms with Crippen LogP contribution in [-0.4, -0.2) is 22.9 Å². The van der Waals surface area contributed by atoms with Gasteiger partial charge in [0, 0.05) is 12.3 Å². The Bertz CT molecular complexity index is 250. The molecule has 1 aromatic rings. The van der Waals surface area contributed by atoms with Crippen molar-refractivity contribution in [3.8, 4) is 5.88 Å². The summed E-state index contributed by atoms with van der Waals surface area (Å²) >= 11 is 0. The van der Waals surface area contributed by atoms with Gasteiger partial charge in [0.2, 0.25) is 5.88 Å². The van der Waals surface area contributed by atoms with Gasteiger partial charge >= 0.3 is 0 Å². The second-order valence-electron chi connectivity index (χ2n) is 1.80. The number of carbonyl (C=O) groups is 1. The van der Waals surface area contributed by atoms with Crippen LogP contribution in [0.1, 0.15) is 17.5 Å². The van der Waals surface area contributed by atoms with Crippen molar-refractivity contribution in [1.82, 2.24) is 9.97 Å². The van der Waals surface area contributed by atoms with Crippen molar-refractivity contribution in [3.63, 3.8) is 0 Å². The monoisotopic (exact) mass is 152 g/mol. The zero-order valence-electron chi connectivity index (χ0n) is 6.15. The fourth-order valence-electron chi connectivity index (χ4n) is 0.641. The summed E-state index contributed by atoms with van der Waals surface area (Å²) in [4.78, 5) is 17.6. The van der Waals surface area contributed by atoms with Gasteiger partial charge in [-0.3, -0.25) is 4.79 Å². The van der Waals surface area contributed by atoms with Crippen molar-refractivity contribution < 1.29 is 9.53 Å². The van der Waals surface area contributed by atoms with Crippen molar-refractivity contribution in [2.24, 2.45) is 0 Å². The largest absolute Gasteiger partial charge is 0.478 e. The number of nitrogens with zero attached hydrogens (tertiary/aromatic N) is 2. The van der Waals surface area contributed by atoms with E-state index in [0.717, 1.165) is 0 Å². The molecule has 0 saturated carbocycles. The van der Waals surface area contributed by atoms with E-state index in [-0.39, 0.29) is 5.82 Å². The zero-order chi connectivity index (χ0) is 8.10. The summed E-state index contributed by atoms with van der Waals surface area (Å²) in [6.07, 6.45) is 2.07. The molecular weight excluding hydrogens is 144 g/mol. The van der Waals surface area contributed by atoms with Crippen molar-refractivity contribution in [3.05, 3.63) is 18.1 Å². The van der Waals surface area contributed by atoms with Crippen molar-refractivity contribution in [2.45, 2.75) is 6.92 Å². The highest BCUT2D eigenvalue weighted by atomic mass is 16.5. The Hall–Kier alpha value is -1.45. The first-order valence-electron chi connectivity index (χ1n) is 3.28. The molecule has 1 rings (SSSR count). The highest BCUT2D eigenvalue weighted by Crippen LogP contribution is 2.02. The number of ether oxygens (including phenoxy) is 1. The zero-order valence-corrected chi connectivity index (χ0v) is 6.15. The first kappa shape index (κ1) is 7.65. The van der Waals surface area contributed by atoms with Gasteiger partial charge in [-0.05, 0) is 6.92 Å². The van der Waals surface area contributed by atoms with Crippen LogP contribution in [0.3, 0.4) is 0 Å². The van der Waals surface area contributed by atoms with Gasteiger partial charge in [0.25, 0.3) is 0 Å². The lowest BCUT2D eigenvalue weighted by atomic mass is 10.6. The normalized spacial score (nSPS) is 9.18. The molecule has 4 nitrogen and oxygen atoms in total. The van der Waals surface area contributed by atoms with E-state index in [9.17, 15) is 4.79 Å². The van der Waals surface area contributed by atoms with E-state index in [0.29, 0.717) is 18.8 Å². The Morgan fingerprint density at radius 3 is 3.18 bits per heavy atom. The third-order valence-electron chi connectivity index (χ3n) is 1.05. The molecule has 11 heavy (non-hydrogen) atoms. The molecule has 0 atom stereocenters. The van der Waals surface area contributed by atoms with E-state index in [1.807, 2.05) is 6.92 Å². The van der Waals surface area contributed by atoms with Crippen LogP contribution in [0.4, 0.5) is 0 Å². The first-order valence-corrected chi connectivity index (χ1v) is 3.28. The lowest BCUT2D eigenvalue weighted by Gasteiger charge is -1.99. The molecular formula is C7H8N2O2. The van der Waals surface area contributed by atoms with Gasteiger partial charge in [0.15, 0.2) is 12.1 Å². The maximum Gasteiger partial charge on any atom is 0.216 e. The molecule has 0 fully saturated rings. The van der Waals surface area contributed by atoms with E-state index in [2.05, 4.69) is 9.97 Å². The summed E-state index contributed by atoms with van der Waals surface area (Å²) in [7, 11) is 0. The smallest absolute Gasteiger partial charge is 0.216 e. The Kier molecular flexibility index (Phi) is 2.54. The molecule has 0 spiro atoms. The SMILES string of the molecule is CCOc1ccnc(C=O)n1. The van der Waals surface area contributed by atoms with Gasteiger partial charge in [-0.1, -0.05) is 0 Å². The van der Waals surface area contributed by atoms with E-state index in [4.69, 9.17) is 4.74 Å². The Balaban J connectivity index is 2.82. The number of aldehydes is 1. The first-order chi connectivity index (χ1) is 5.36. The maximum atomic E-state index is 10.2. The van der Waals surface area contributed by atoms with Crippen LogP contribution < -0.4 is 4.74 Å². The average molecular weight is 152 g/mol. The van der Waals surface area contributed by atoms with Crippen molar-refractivity contribution >= 4 is 6.29 Å². The minimum Gasteiger partial charge on any atom is -0.478 e. The highest BCUT2D eigenvalue weighted by molar-refractivity contribution is 5.68. The van der Waals surface area contributed by atoms with Gasteiger partial charge in [0.05, 0.1) is 6.61 Å². The predicted molar refractivity (Wildman–Crippen MR) is 38.6 cm³/mol. The summed E-state index contributed by atoms with van der Waals surface area (Å²) in [5.74, 6) is 0.584. The summed E-state index contributed by atoms with van der Waals surface area (Å²) in [5, 5.41) is 0. The molecule has 0 aliphatic rings. The van der Waals surface area contributed by atoms with Crippen LogP contribution in [0.25, 0.3) is 0 Å². The standard InChI is InChI=1S/C7H8N2O2/c1-2-11-7-3-4-8-6(5-10)9-7/h3-5H,2H2,1H3. The molecule has 1 aromatic heterocycles. The molecule has 0 N–H and O–H groups in total. The molecule has 58 valence electrons. The van der Waals surface area contributed by atoms with Crippen molar-refractivity contribution in [1.29, 1.82) is 0 Å². The number of hydrogen-bond donors (Lipinski definition) is 0. The number of carbonyl (C=O) groups excluding carboxylic acids is 1. The minimum atomic E-state index is 0.149. The molecule has 0 aliphatic carbocycles. The van der Waals surface area contributed by atoms with Crippen LogP contribution in [0.5, 0.6) is 5.88 Å². The number of hydrogen-bond acceptors (Lipinski definition) is 4. The fourth-order valence-corrected chi connectivity index (χ4v) is 0.641. The molecule has 0 aromatic carbocycles. The highest BCUT2D eigenvalue weighted by Gasteiger charge is 1.95. The van der Waals surface area contributed by atoms with Crippen LogP contribution in [0, 0.1) is 0 Å². The average Bonchev–Trinajstić information content (AvgIpc) is 2.06. The lowest BCUT2D eigenvalue weighted by molar-refractivity contribution is 0.111. The lowest BCUT2D eigenvalue weighted by Crippen LogP contribution is -1.98. The minimum absolute atomic E-state index is 0.149. The number of rotatable bonds is 3. The van der Waals surface area contributed by atoms with Gasteiger partial charge in [-0.15, -0.1) is 0 Å². The topological polar surface area (TPSA) is 52.1 Å². The van der Waals surface area contributed by atoms with Gasteiger partial charge in [-0.2, -0.15) is 4.98 Å². The fraction of sp³-hybridized carbons (Fsp3) is 0.286. The van der Waals surface area contributed by atoms with Gasteiger partial charge in [-0.25, -0.2) is 4.98 Å². The molecule has 4 heteroatoms. The van der Waals surface area contributed by atoms with Gasteiger partial charge < -0.3 is 4.74 Å². The Labute approximate surface area is 64.2 Å². The molecule has 0 aliphatic heterocycles. The molecule has 0 saturated heterocycles. The second-order valence-corrected chi connectivity index (χ2v) is 1.80. The molecule has 0 bridgehead atoms. The summed E-state index contributed by atoms with van der Waals surface area (Å²) in [6, 6.07) is 1.61. The third-order valence-corrected chi connectivity index (χ3v) is 1.05. The number of aromatic nitrogens is 2. The van der Waals surface area contributed by atoms with Gasteiger partial charge in [0.1, 0.15) is 0 Å². The third kappa shape index (κ3) is 2.00. The summed E-state index contributed by atoms with van der Waals surface area (Å²) in [5.41, 5.74) is 0. The second kappa shape index (κ2) is 3.65. The molecule has 1 heterocycles. The van der Waals surface area contributed by atoms with Crippen LogP contribution in [-0.2, 0) is 0 Å².